The molecule has 1 atom stereocenters. The molecule has 0 spiro atoms. The fourth-order valence-corrected chi connectivity index (χ4v) is 4.07. The van der Waals surface area contributed by atoms with Gasteiger partial charge in [0.1, 0.15) is 11.3 Å². The number of amides is 1. The monoisotopic (exact) mass is 328 g/mol. The number of benzene rings is 1. The first-order valence-corrected chi connectivity index (χ1v) is 8.68. The van der Waals surface area contributed by atoms with Crippen LogP contribution in [0.15, 0.2) is 18.2 Å². The second-order valence-corrected chi connectivity index (χ2v) is 7.28. The second-order valence-electron chi connectivity index (χ2n) is 7.28. The van der Waals surface area contributed by atoms with Crippen LogP contribution in [0.1, 0.15) is 42.4 Å². The van der Waals surface area contributed by atoms with Crippen molar-refractivity contribution >= 4 is 16.9 Å². The van der Waals surface area contributed by atoms with Gasteiger partial charge >= 0.3 is 0 Å². The molecule has 1 aromatic heterocycles. The first-order valence-electron chi connectivity index (χ1n) is 8.68. The van der Waals surface area contributed by atoms with Crippen molar-refractivity contribution < 1.29 is 9.53 Å². The molecule has 2 aliphatic rings. The minimum atomic E-state index is -0.431. The van der Waals surface area contributed by atoms with Crippen molar-refractivity contribution in [3.8, 4) is 0 Å². The van der Waals surface area contributed by atoms with Crippen LogP contribution in [0.3, 0.4) is 0 Å². The SMILES string of the molecule is CC1(c2nc3c(C(N)=O)cccc3[nH]2)CCN(C2CCOCC2)C1. The Kier molecular flexibility index (Phi) is 3.81. The standard InChI is InChI=1S/C18H24N4O2/c1-18(7-8-22(11-18)12-5-9-24-10-6-12)17-20-14-4-2-3-13(16(19)23)15(14)21-17/h2-4,12H,5-11H2,1H3,(H2,19,23)(H,20,21). The maximum Gasteiger partial charge on any atom is 0.250 e. The third-order valence-corrected chi connectivity index (χ3v) is 5.56. The van der Waals surface area contributed by atoms with Gasteiger partial charge in [0.15, 0.2) is 0 Å². The molecule has 0 aliphatic carbocycles. The van der Waals surface area contributed by atoms with Crippen LogP contribution in [0.2, 0.25) is 0 Å². The Morgan fingerprint density at radius 2 is 2.21 bits per heavy atom. The van der Waals surface area contributed by atoms with Crippen molar-refractivity contribution in [1.29, 1.82) is 0 Å². The van der Waals surface area contributed by atoms with Crippen molar-refractivity contribution in [2.24, 2.45) is 5.73 Å². The van der Waals surface area contributed by atoms with E-state index in [1.807, 2.05) is 12.1 Å². The van der Waals surface area contributed by atoms with Crippen LogP contribution in [0.25, 0.3) is 11.0 Å². The number of aromatic nitrogens is 2. The van der Waals surface area contributed by atoms with Gasteiger partial charge in [0.05, 0.1) is 11.1 Å². The molecule has 2 aliphatic heterocycles. The molecule has 24 heavy (non-hydrogen) atoms. The van der Waals surface area contributed by atoms with E-state index in [1.165, 1.54) is 0 Å². The van der Waals surface area contributed by atoms with Crippen molar-refractivity contribution in [2.45, 2.75) is 37.6 Å². The number of ether oxygens (including phenoxy) is 1. The third kappa shape index (κ3) is 2.59. The van der Waals surface area contributed by atoms with Crippen LogP contribution >= 0.6 is 0 Å². The number of aromatic amines is 1. The zero-order valence-corrected chi connectivity index (χ0v) is 14.0. The van der Waals surface area contributed by atoms with Gasteiger partial charge in [-0.2, -0.15) is 0 Å². The van der Waals surface area contributed by atoms with E-state index in [2.05, 4.69) is 16.8 Å². The van der Waals surface area contributed by atoms with Gasteiger partial charge in [-0.15, -0.1) is 0 Å². The Morgan fingerprint density at radius 3 is 2.96 bits per heavy atom. The topological polar surface area (TPSA) is 84.2 Å². The van der Waals surface area contributed by atoms with Gasteiger partial charge in [-0.05, 0) is 37.9 Å². The number of carbonyl (C=O) groups is 1. The maximum absolute atomic E-state index is 11.6. The fourth-order valence-electron chi connectivity index (χ4n) is 4.07. The van der Waals surface area contributed by atoms with Crippen LogP contribution in [0.4, 0.5) is 0 Å². The predicted octanol–water partition coefficient (Wildman–Crippen LogP) is 1.80. The molecular weight excluding hydrogens is 304 g/mol. The van der Waals surface area contributed by atoms with Crippen molar-refractivity contribution in [1.82, 2.24) is 14.9 Å². The summed E-state index contributed by atoms with van der Waals surface area (Å²) in [6.45, 7) is 6.06. The summed E-state index contributed by atoms with van der Waals surface area (Å²) in [6, 6.07) is 6.15. The van der Waals surface area contributed by atoms with Crippen LogP contribution in [0, 0.1) is 0 Å². The molecule has 1 unspecified atom stereocenters. The summed E-state index contributed by atoms with van der Waals surface area (Å²) in [4.78, 5) is 22.4. The largest absolute Gasteiger partial charge is 0.381 e. The molecule has 0 radical (unpaired) electrons. The molecule has 6 nitrogen and oxygen atoms in total. The zero-order valence-electron chi connectivity index (χ0n) is 14.0. The van der Waals surface area contributed by atoms with E-state index in [9.17, 15) is 4.79 Å². The zero-order chi connectivity index (χ0) is 16.7. The smallest absolute Gasteiger partial charge is 0.250 e. The number of hydrogen-bond donors (Lipinski definition) is 2. The van der Waals surface area contributed by atoms with E-state index in [0.717, 1.165) is 56.9 Å². The summed E-state index contributed by atoms with van der Waals surface area (Å²) in [7, 11) is 0. The van der Waals surface area contributed by atoms with Crippen LogP contribution in [-0.2, 0) is 10.2 Å². The number of nitrogens with one attached hydrogen (secondary N) is 1. The average molecular weight is 328 g/mol. The molecule has 2 aromatic rings. The predicted molar refractivity (Wildman–Crippen MR) is 92.0 cm³/mol. The Labute approximate surface area is 141 Å². The number of nitrogens with zero attached hydrogens (tertiary/aromatic N) is 2. The molecule has 128 valence electrons. The molecule has 2 fully saturated rings. The van der Waals surface area contributed by atoms with Crippen LogP contribution in [-0.4, -0.2) is 53.1 Å². The molecule has 4 rings (SSSR count). The Morgan fingerprint density at radius 1 is 1.42 bits per heavy atom. The molecule has 6 heteroatoms. The summed E-state index contributed by atoms with van der Waals surface area (Å²) >= 11 is 0. The number of imidazole rings is 1. The number of carbonyl (C=O) groups excluding carboxylic acids is 1. The van der Waals surface area contributed by atoms with Gasteiger partial charge in [-0.3, -0.25) is 9.69 Å². The van der Waals surface area contributed by atoms with Gasteiger partial charge in [0.2, 0.25) is 0 Å². The summed E-state index contributed by atoms with van der Waals surface area (Å²) in [6.07, 6.45) is 3.29. The highest BCUT2D eigenvalue weighted by atomic mass is 16.5. The average Bonchev–Trinajstić information content (AvgIpc) is 3.20. The molecule has 1 aromatic carbocycles. The number of H-pyrrole nitrogens is 1. The number of fused-ring (bicyclic) bond motifs is 1. The highest BCUT2D eigenvalue weighted by molar-refractivity contribution is 6.04. The molecular formula is C18H24N4O2. The Bertz CT molecular complexity index is 765. The van der Waals surface area contributed by atoms with E-state index in [0.29, 0.717) is 17.1 Å². The first kappa shape index (κ1) is 15.6. The number of para-hydroxylation sites is 1. The van der Waals surface area contributed by atoms with Crippen molar-refractivity contribution in [2.75, 3.05) is 26.3 Å². The van der Waals surface area contributed by atoms with E-state index >= 15 is 0 Å². The van der Waals surface area contributed by atoms with Gasteiger partial charge in [-0.1, -0.05) is 13.0 Å². The van der Waals surface area contributed by atoms with Gasteiger partial charge in [0.25, 0.3) is 5.91 Å². The lowest BCUT2D eigenvalue weighted by atomic mass is 9.89. The van der Waals surface area contributed by atoms with Crippen molar-refractivity contribution in [3.05, 3.63) is 29.6 Å². The summed E-state index contributed by atoms with van der Waals surface area (Å²) in [5, 5.41) is 0. The molecule has 3 N–H and O–H groups in total. The van der Waals surface area contributed by atoms with Crippen LogP contribution < -0.4 is 5.73 Å². The quantitative estimate of drug-likeness (QED) is 0.900. The lowest BCUT2D eigenvalue weighted by Gasteiger charge is -2.32. The number of hydrogen-bond acceptors (Lipinski definition) is 4. The lowest BCUT2D eigenvalue weighted by Crippen LogP contribution is -2.39. The molecule has 0 bridgehead atoms. The summed E-state index contributed by atoms with van der Waals surface area (Å²) < 4.78 is 5.48. The van der Waals surface area contributed by atoms with E-state index < -0.39 is 5.91 Å². The summed E-state index contributed by atoms with van der Waals surface area (Å²) in [5.41, 5.74) is 7.51. The Balaban J connectivity index is 1.62. The maximum atomic E-state index is 11.6. The minimum Gasteiger partial charge on any atom is -0.381 e. The Hall–Kier alpha value is -1.92. The second kappa shape index (κ2) is 5.86. The highest BCUT2D eigenvalue weighted by Crippen LogP contribution is 2.36. The number of likely N-dealkylation sites (tertiary alicyclic amines) is 1. The minimum absolute atomic E-state index is 0.0216. The third-order valence-electron chi connectivity index (χ3n) is 5.56. The van der Waals surface area contributed by atoms with Gasteiger partial charge < -0.3 is 15.5 Å². The highest BCUT2D eigenvalue weighted by Gasteiger charge is 2.40. The van der Waals surface area contributed by atoms with Gasteiger partial charge in [-0.25, -0.2) is 4.98 Å². The molecule has 3 heterocycles. The molecule has 2 saturated heterocycles. The van der Waals surface area contributed by atoms with Gasteiger partial charge in [0, 0.05) is 31.2 Å². The molecule has 0 saturated carbocycles. The number of rotatable bonds is 3. The van der Waals surface area contributed by atoms with Crippen LogP contribution in [0.5, 0.6) is 0 Å². The van der Waals surface area contributed by atoms with E-state index in [4.69, 9.17) is 15.5 Å². The van der Waals surface area contributed by atoms with E-state index in [-0.39, 0.29) is 5.41 Å². The fraction of sp³-hybridized carbons (Fsp3) is 0.556. The normalized spacial score (nSPS) is 26.2. The van der Waals surface area contributed by atoms with E-state index in [1.54, 1.807) is 6.07 Å². The van der Waals surface area contributed by atoms with Crippen molar-refractivity contribution in [3.63, 3.8) is 0 Å². The number of nitrogens with two attached hydrogens (primary N) is 1. The first-order chi connectivity index (χ1) is 11.6. The molecule has 1 amide bonds. The lowest BCUT2D eigenvalue weighted by molar-refractivity contribution is 0.0405. The summed E-state index contributed by atoms with van der Waals surface area (Å²) in [5.74, 6) is 0.528. The number of primary amides is 1.